The van der Waals surface area contributed by atoms with Crippen LogP contribution in [0.3, 0.4) is 0 Å². The van der Waals surface area contributed by atoms with Gasteiger partial charge in [0.25, 0.3) is 15.9 Å². The van der Waals surface area contributed by atoms with Gasteiger partial charge in [-0.3, -0.25) is 9.52 Å². The summed E-state index contributed by atoms with van der Waals surface area (Å²) in [6.07, 6.45) is 0. The molecule has 3 aromatic rings. The van der Waals surface area contributed by atoms with Crippen molar-refractivity contribution in [3.8, 4) is 11.5 Å². The first kappa shape index (κ1) is 23.7. The number of rotatable bonds is 8. The van der Waals surface area contributed by atoms with Crippen LogP contribution < -0.4 is 19.5 Å². The molecule has 32 heavy (non-hydrogen) atoms. The molecular weight excluding hydrogens is 475 g/mol. The third kappa shape index (κ3) is 6.06. The van der Waals surface area contributed by atoms with Crippen LogP contribution in [-0.2, 0) is 14.8 Å². The number of benzene rings is 3. The van der Waals surface area contributed by atoms with Gasteiger partial charge in [-0.25, -0.2) is 8.42 Å². The lowest BCUT2D eigenvalue weighted by Gasteiger charge is -2.12. The fourth-order valence-corrected chi connectivity index (χ4v) is 4.25. The highest BCUT2D eigenvalue weighted by Crippen LogP contribution is 2.29. The number of carbonyl (C=O) groups excluding carboxylic acids is 1. The third-order valence-corrected chi connectivity index (χ3v) is 6.30. The molecule has 0 atom stereocenters. The maximum atomic E-state index is 12.6. The lowest BCUT2D eigenvalue weighted by atomic mass is 10.2. The summed E-state index contributed by atoms with van der Waals surface area (Å²) in [5.41, 5.74) is 1.79. The molecule has 1 amide bonds. The summed E-state index contributed by atoms with van der Waals surface area (Å²) in [7, 11) is -2.35. The summed E-state index contributed by atoms with van der Waals surface area (Å²) in [4.78, 5) is 12.1. The standard InChI is InChI=1S/C22H20Cl2N2O5S/c1-14-3-4-15(23)11-20(14)25-22(27)13-31-21-10-9-18(12-19(21)24)32(28,29)26-16-5-7-17(30-2)8-6-16/h3-12,26H,13H2,1-2H3,(H,25,27). The van der Waals surface area contributed by atoms with E-state index in [1.54, 1.807) is 42.5 Å². The van der Waals surface area contributed by atoms with Gasteiger partial charge in [-0.15, -0.1) is 0 Å². The van der Waals surface area contributed by atoms with E-state index < -0.39 is 15.9 Å². The molecule has 3 aromatic carbocycles. The van der Waals surface area contributed by atoms with E-state index in [0.29, 0.717) is 22.1 Å². The topological polar surface area (TPSA) is 93.7 Å². The molecule has 0 saturated carbocycles. The summed E-state index contributed by atoms with van der Waals surface area (Å²) in [6.45, 7) is 1.52. The number of carbonyl (C=O) groups is 1. The van der Waals surface area contributed by atoms with Gasteiger partial charge in [-0.2, -0.15) is 0 Å². The summed E-state index contributed by atoms with van der Waals surface area (Å²) in [6, 6.07) is 15.6. The highest BCUT2D eigenvalue weighted by molar-refractivity contribution is 7.92. The van der Waals surface area contributed by atoms with Crippen LogP contribution in [0.1, 0.15) is 5.56 Å². The maximum Gasteiger partial charge on any atom is 0.262 e. The Morgan fingerprint density at radius 1 is 1.00 bits per heavy atom. The number of anilines is 2. The number of aryl methyl sites for hydroxylation is 1. The van der Waals surface area contributed by atoms with Crippen molar-refractivity contribution in [2.24, 2.45) is 0 Å². The van der Waals surface area contributed by atoms with E-state index in [2.05, 4.69) is 10.0 Å². The van der Waals surface area contributed by atoms with E-state index >= 15 is 0 Å². The molecule has 0 spiro atoms. The van der Waals surface area contributed by atoms with Crippen LogP contribution in [-0.4, -0.2) is 28.0 Å². The lowest BCUT2D eigenvalue weighted by molar-refractivity contribution is -0.118. The zero-order valence-electron chi connectivity index (χ0n) is 17.2. The average Bonchev–Trinajstić information content (AvgIpc) is 2.75. The zero-order chi connectivity index (χ0) is 23.3. The van der Waals surface area contributed by atoms with E-state index in [0.717, 1.165) is 5.56 Å². The smallest absolute Gasteiger partial charge is 0.262 e. The Kier molecular flexibility index (Phi) is 7.50. The van der Waals surface area contributed by atoms with Gasteiger partial charge < -0.3 is 14.8 Å². The number of amides is 1. The molecule has 0 aliphatic rings. The van der Waals surface area contributed by atoms with Crippen LogP contribution in [0.4, 0.5) is 11.4 Å². The number of hydrogen-bond donors (Lipinski definition) is 2. The Morgan fingerprint density at radius 2 is 1.72 bits per heavy atom. The minimum Gasteiger partial charge on any atom is -0.497 e. The molecule has 0 aliphatic carbocycles. The molecule has 0 aliphatic heterocycles. The molecule has 0 saturated heterocycles. The Bertz CT molecular complexity index is 1230. The van der Waals surface area contributed by atoms with Crippen molar-refractivity contribution >= 4 is 50.5 Å². The van der Waals surface area contributed by atoms with Gasteiger partial charge in [0.1, 0.15) is 11.5 Å². The van der Waals surface area contributed by atoms with E-state index in [1.165, 1.54) is 25.3 Å². The van der Waals surface area contributed by atoms with Crippen LogP contribution >= 0.6 is 23.2 Å². The minimum absolute atomic E-state index is 0.0503. The first-order valence-electron chi connectivity index (χ1n) is 9.33. The van der Waals surface area contributed by atoms with Crippen LogP contribution in [0.25, 0.3) is 0 Å². The van der Waals surface area contributed by atoms with Crippen LogP contribution in [0.5, 0.6) is 11.5 Å². The number of nitrogens with one attached hydrogen (secondary N) is 2. The molecule has 10 heteroatoms. The molecule has 0 fully saturated rings. The third-order valence-electron chi connectivity index (χ3n) is 4.39. The molecule has 0 heterocycles. The minimum atomic E-state index is -3.88. The molecule has 3 rings (SSSR count). The van der Waals surface area contributed by atoms with E-state index in [-0.39, 0.29) is 22.3 Å². The van der Waals surface area contributed by atoms with Crippen molar-refractivity contribution in [1.82, 2.24) is 0 Å². The van der Waals surface area contributed by atoms with Crippen LogP contribution in [0.2, 0.25) is 10.0 Å². The molecule has 0 radical (unpaired) electrons. The van der Waals surface area contributed by atoms with E-state index in [9.17, 15) is 13.2 Å². The first-order valence-corrected chi connectivity index (χ1v) is 11.6. The van der Waals surface area contributed by atoms with Crippen molar-refractivity contribution in [3.05, 3.63) is 76.3 Å². The fraction of sp³-hybridized carbons (Fsp3) is 0.136. The number of methoxy groups -OCH3 is 1. The predicted molar refractivity (Wildman–Crippen MR) is 126 cm³/mol. The quantitative estimate of drug-likeness (QED) is 0.452. The SMILES string of the molecule is COc1ccc(NS(=O)(=O)c2ccc(OCC(=O)Nc3cc(Cl)ccc3C)c(Cl)c2)cc1. The van der Waals surface area contributed by atoms with Crippen molar-refractivity contribution in [2.75, 3.05) is 23.8 Å². The second-order valence-electron chi connectivity index (χ2n) is 6.72. The van der Waals surface area contributed by atoms with Crippen LogP contribution in [0, 0.1) is 6.92 Å². The Hall–Kier alpha value is -2.94. The molecule has 168 valence electrons. The van der Waals surface area contributed by atoms with Crippen LogP contribution in [0.15, 0.2) is 65.6 Å². The summed E-state index contributed by atoms with van der Waals surface area (Å²) < 4.78 is 38.2. The van der Waals surface area contributed by atoms with Gasteiger partial charge in [0, 0.05) is 16.4 Å². The number of sulfonamides is 1. The first-order chi connectivity index (χ1) is 15.2. The van der Waals surface area contributed by atoms with E-state index in [4.69, 9.17) is 32.7 Å². The fourth-order valence-electron chi connectivity index (χ4n) is 2.70. The van der Waals surface area contributed by atoms with Gasteiger partial charge in [-0.1, -0.05) is 29.3 Å². The van der Waals surface area contributed by atoms with E-state index in [1.807, 2.05) is 6.92 Å². The highest BCUT2D eigenvalue weighted by atomic mass is 35.5. The van der Waals surface area contributed by atoms with Crippen molar-refractivity contribution in [3.63, 3.8) is 0 Å². The van der Waals surface area contributed by atoms with Crippen molar-refractivity contribution in [1.29, 1.82) is 0 Å². The van der Waals surface area contributed by atoms with Gasteiger partial charge in [-0.05, 0) is 67.1 Å². The molecule has 2 N–H and O–H groups in total. The van der Waals surface area contributed by atoms with Gasteiger partial charge in [0.2, 0.25) is 0 Å². The zero-order valence-corrected chi connectivity index (χ0v) is 19.5. The summed E-state index contributed by atoms with van der Waals surface area (Å²) in [5, 5.41) is 3.25. The summed E-state index contributed by atoms with van der Waals surface area (Å²) in [5.74, 6) is 0.365. The normalized spacial score (nSPS) is 11.0. The Morgan fingerprint density at radius 3 is 2.38 bits per heavy atom. The predicted octanol–water partition coefficient (Wildman–Crippen LogP) is 5.13. The maximum absolute atomic E-state index is 12.6. The molecular formula is C22H20Cl2N2O5S. The van der Waals surface area contributed by atoms with Gasteiger partial charge in [0.05, 0.1) is 17.0 Å². The average molecular weight is 495 g/mol. The number of halogens is 2. The lowest BCUT2D eigenvalue weighted by Crippen LogP contribution is -2.20. The molecule has 7 nitrogen and oxygen atoms in total. The molecule has 0 aromatic heterocycles. The van der Waals surface area contributed by atoms with Gasteiger partial charge in [0.15, 0.2) is 6.61 Å². The highest BCUT2D eigenvalue weighted by Gasteiger charge is 2.17. The molecule has 0 unspecified atom stereocenters. The monoisotopic (exact) mass is 494 g/mol. The number of ether oxygens (including phenoxy) is 2. The molecule has 0 bridgehead atoms. The second-order valence-corrected chi connectivity index (χ2v) is 9.25. The summed E-state index contributed by atoms with van der Waals surface area (Å²) >= 11 is 12.1. The van der Waals surface area contributed by atoms with Gasteiger partial charge >= 0.3 is 0 Å². The Balaban J connectivity index is 1.65. The second kappa shape index (κ2) is 10.1. The van der Waals surface area contributed by atoms with Crippen molar-refractivity contribution < 1.29 is 22.7 Å². The largest absolute Gasteiger partial charge is 0.497 e. The van der Waals surface area contributed by atoms with Crippen molar-refractivity contribution in [2.45, 2.75) is 11.8 Å². The Labute approximate surface area is 196 Å². The number of hydrogen-bond acceptors (Lipinski definition) is 5.